The standard InChI is InChI=1S/C20H24FN7O/c1-12-10-28-11-13(7-15(21)20(28)25-12)26-19(23)14-8-18(29-2)17(9-16(14)22)27-5-3-24-4-6-27/h7-11,24H,3-6,22H2,1-2H3,(H2,23,26). The molecule has 4 rings (SSSR count). The van der Waals surface area contributed by atoms with Crippen LogP contribution in [0.5, 0.6) is 5.75 Å². The van der Waals surface area contributed by atoms with E-state index in [0.29, 0.717) is 22.7 Å². The van der Waals surface area contributed by atoms with Gasteiger partial charge >= 0.3 is 0 Å². The van der Waals surface area contributed by atoms with Crippen LogP contribution in [0.2, 0.25) is 0 Å². The summed E-state index contributed by atoms with van der Waals surface area (Å²) in [4.78, 5) is 10.7. The molecular formula is C20H24FN7O. The molecule has 9 heteroatoms. The molecule has 29 heavy (non-hydrogen) atoms. The van der Waals surface area contributed by atoms with Gasteiger partial charge in [-0.3, -0.25) is 0 Å². The van der Waals surface area contributed by atoms with E-state index in [9.17, 15) is 4.39 Å². The number of fused-ring (bicyclic) bond motifs is 1. The highest BCUT2D eigenvalue weighted by molar-refractivity contribution is 6.04. The van der Waals surface area contributed by atoms with Crippen molar-refractivity contribution < 1.29 is 9.13 Å². The lowest BCUT2D eigenvalue weighted by molar-refractivity contribution is 0.413. The molecule has 1 aromatic carbocycles. The molecule has 3 heterocycles. The van der Waals surface area contributed by atoms with Crippen LogP contribution in [0.1, 0.15) is 11.3 Å². The van der Waals surface area contributed by atoms with Crippen molar-refractivity contribution in [2.45, 2.75) is 6.92 Å². The molecule has 3 aromatic rings. The maximum absolute atomic E-state index is 14.3. The number of aromatic nitrogens is 2. The van der Waals surface area contributed by atoms with Crippen LogP contribution in [0.4, 0.5) is 21.5 Å². The molecular weight excluding hydrogens is 373 g/mol. The highest BCUT2D eigenvalue weighted by Crippen LogP contribution is 2.33. The van der Waals surface area contributed by atoms with Crippen LogP contribution in [0.3, 0.4) is 0 Å². The number of pyridine rings is 1. The Morgan fingerprint density at radius 1 is 1.24 bits per heavy atom. The van der Waals surface area contributed by atoms with Crippen molar-refractivity contribution in [3.05, 3.63) is 47.7 Å². The second-order valence-electron chi connectivity index (χ2n) is 7.00. The van der Waals surface area contributed by atoms with E-state index in [2.05, 4.69) is 20.2 Å². The van der Waals surface area contributed by atoms with Crippen molar-refractivity contribution in [2.75, 3.05) is 43.9 Å². The van der Waals surface area contributed by atoms with Crippen LogP contribution < -0.4 is 26.4 Å². The number of nitrogens with zero attached hydrogens (tertiary/aromatic N) is 4. The van der Waals surface area contributed by atoms with Crippen molar-refractivity contribution in [2.24, 2.45) is 10.7 Å². The number of imidazole rings is 1. The molecule has 1 aliphatic rings. The summed E-state index contributed by atoms with van der Waals surface area (Å²) in [5, 5.41) is 3.32. The Morgan fingerprint density at radius 3 is 2.72 bits per heavy atom. The van der Waals surface area contributed by atoms with Gasteiger partial charge in [0.25, 0.3) is 0 Å². The van der Waals surface area contributed by atoms with Crippen molar-refractivity contribution >= 4 is 28.5 Å². The van der Waals surface area contributed by atoms with Gasteiger partial charge in [-0.05, 0) is 19.1 Å². The molecule has 0 amide bonds. The van der Waals surface area contributed by atoms with E-state index in [1.54, 1.807) is 36.9 Å². The monoisotopic (exact) mass is 397 g/mol. The van der Waals surface area contributed by atoms with Crippen LogP contribution in [-0.4, -0.2) is 48.5 Å². The number of piperazine rings is 1. The van der Waals surface area contributed by atoms with Crippen molar-refractivity contribution in [1.82, 2.24) is 14.7 Å². The lowest BCUT2D eigenvalue weighted by atomic mass is 10.1. The van der Waals surface area contributed by atoms with Gasteiger partial charge in [0.2, 0.25) is 0 Å². The number of hydrogen-bond donors (Lipinski definition) is 3. The molecule has 5 N–H and O–H groups in total. The fourth-order valence-electron chi connectivity index (χ4n) is 3.55. The maximum atomic E-state index is 14.3. The second kappa shape index (κ2) is 7.59. The SMILES string of the molecule is COc1cc(C(N)=Nc2cc(F)c3nc(C)cn3c2)c(N)cc1N1CCNCC1. The Balaban J connectivity index is 1.71. The average Bonchev–Trinajstić information content (AvgIpc) is 3.09. The van der Waals surface area contributed by atoms with E-state index in [-0.39, 0.29) is 11.5 Å². The molecule has 1 saturated heterocycles. The third-order valence-corrected chi connectivity index (χ3v) is 4.95. The summed E-state index contributed by atoms with van der Waals surface area (Å²) < 4.78 is 21.5. The number of ether oxygens (including phenoxy) is 1. The number of rotatable bonds is 4. The van der Waals surface area contributed by atoms with Crippen LogP contribution in [-0.2, 0) is 0 Å². The Kier molecular flexibility index (Phi) is 4.98. The summed E-state index contributed by atoms with van der Waals surface area (Å²) in [6.45, 7) is 5.33. The van der Waals surface area contributed by atoms with Gasteiger partial charge < -0.3 is 30.8 Å². The normalized spacial score (nSPS) is 15.1. The predicted molar refractivity (Wildman–Crippen MR) is 113 cm³/mol. The van der Waals surface area contributed by atoms with Gasteiger partial charge in [-0.2, -0.15) is 0 Å². The number of halogens is 1. The van der Waals surface area contributed by atoms with Gasteiger partial charge in [-0.25, -0.2) is 14.4 Å². The summed E-state index contributed by atoms with van der Waals surface area (Å²) in [7, 11) is 1.61. The maximum Gasteiger partial charge on any atom is 0.173 e. The van der Waals surface area contributed by atoms with Gasteiger partial charge in [0.05, 0.1) is 24.2 Å². The Hall–Kier alpha value is -3.33. The van der Waals surface area contributed by atoms with E-state index in [4.69, 9.17) is 16.2 Å². The molecule has 8 nitrogen and oxygen atoms in total. The van der Waals surface area contributed by atoms with Crippen molar-refractivity contribution in [3.63, 3.8) is 0 Å². The molecule has 2 aromatic heterocycles. The number of nitrogens with two attached hydrogens (primary N) is 2. The van der Waals surface area contributed by atoms with Crippen LogP contribution in [0, 0.1) is 12.7 Å². The number of nitrogen functional groups attached to an aromatic ring is 1. The zero-order valence-electron chi connectivity index (χ0n) is 16.4. The van der Waals surface area contributed by atoms with Crippen molar-refractivity contribution in [1.29, 1.82) is 0 Å². The summed E-state index contributed by atoms with van der Waals surface area (Å²) in [5.41, 5.74) is 15.8. The minimum Gasteiger partial charge on any atom is -0.495 e. The first-order valence-corrected chi connectivity index (χ1v) is 9.39. The average molecular weight is 397 g/mol. The van der Waals surface area contributed by atoms with Gasteiger partial charge in [-0.15, -0.1) is 0 Å². The van der Waals surface area contributed by atoms with Crippen LogP contribution in [0.15, 0.2) is 35.6 Å². The number of nitrogens with one attached hydrogen (secondary N) is 1. The Bertz CT molecular complexity index is 1090. The van der Waals surface area contributed by atoms with E-state index in [0.717, 1.165) is 37.6 Å². The van der Waals surface area contributed by atoms with E-state index < -0.39 is 5.82 Å². The fourth-order valence-corrected chi connectivity index (χ4v) is 3.55. The molecule has 0 saturated carbocycles. The van der Waals surface area contributed by atoms with Gasteiger partial charge in [0.1, 0.15) is 11.6 Å². The lowest BCUT2D eigenvalue weighted by Crippen LogP contribution is -2.43. The quantitative estimate of drug-likeness (QED) is 0.352. The number of anilines is 2. The number of benzene rings is 1. The predicted octanol–water partition coefficient (Wildman–Crippen LogP) is 1.82. The Labute approximate surface area is 168 Å². The van der Waals surface area contributed by atoms with Gasteiger partial charge in [0.15, 0.2) is 11.5 Å². The first-order valence-electron chi connectivity index (χ1n) is 9.39. The zero-order chi connectivity index (χ0) is 20.5. The molecule has 152 valence electrons. The van der Waals surface area contributed by atoms with Crippen molar-refractivity contribution in [3.8, 4) is 5.75 Å². The van der Waals surface area contributed by atoms with E-state index >= 15 is 0 Å². The topological polar surface area (TPSA) is 106 Å². The third kappa shape index (κ3) is 3.68. The highest BCUT2D eigenvalue weighted by Gasteiger charge is 2.18. The number of aryl methyl sites for hydroxylation is 1. The molecule has 1 aliphatic heterocycles. The second-order valence-corrected chi connectivity index (χ2v) is 7.00. The van der Waals surface area contributed by atoms with Crippen LogP contribution >= 0.6 is 0 Å². The molecule has 0 radical (unpaired) electrons. The molecule has 0 spiro atoms. The molecule has 0 bridgehead atoms. The molecule has 0 unspecified atom stereocenters. The number of aliphatic imine (C=N–C) groups is 1. The number of hydrogen-bond acceptors (Lipinski definition) is 6. The summed E-state index contributed by atoms with van der Waals surface area (Å²) >= 11 is 0. The molecule has 1 fully saturated rings. The fraction of sp³-hybridized carbons (Fsp3) is 0.300. The largest absolute Gasteiger partial charge is 0.495 e. The first-order chi connectivity index (χ1) is 14.0. The summed E-state index contributed by atoms with van der Waals surface area (Å²) in [6, 6.07) is 4.93. The summed E-state index contributed by atoms with van der Waals surface area (Å²) in [6.07, 6.45) is 3.40. The molecule has 0 atom stereocenters. The number of amidine groups is 1. The van der Waals surface area contributed by atoms with Gasteiger partial charge in [0, 0.05) is 55.9 Å². The smallest absolute Gasteiger partial charge is 0.173 e. The summed E-state index contributed by atoms with van der Waals surface area (Å²) in [5.74, 6) is 0.385. The minimum absolute atomic E-state index is 0.184. The van der Waals surface area contributed by atoms with E-state index in [1.165, 1.54) is 6.07 Å². The van der Waals surface area contributed by atoms with Gasteiger partial charge in [-0.1, -0.05) is 0 Å². The lowest BCUT2D eigenvalue weighted by Gasteiger charge is -2.31. The van der Waals surface area contributed by atoms with Crippen LogP contribution in [0.25, 0.3) is 5.65 Å². The first kappa shape index (κ1) is 19.0. The Morgan fingerprint density at radius 2 is 2.00 bits per heavy atom. The molecule has 0 aliphatic carbocycles. The number of methoxy groups -OCH3 is 1. The zero-order valence-corrected chi connectivity index (χ0v) is 16.4. The third-order valence-electron chi connectivity index (χ3n) is 4.95. The highest BCUT2D eigenvalue weighted by atomic mass is 19.1. The van der Waals surface area contributed by atoms with E-state index in [1.807, 2.05) is 6.07 Å². The minimum atomic E-state index is -0.466.